The number of esters is 1. The lowest BCUT2D eigenvalue weighted by Gasteiger charge is -2.43. The first-order valence-corrected chi connectivity index (χ1v) is 9.22. The van der Waals surface area contributed by atoms with Gasteiger partial charge in [0.2, 0.25) is 5.91 Å². The fourth-order valence-corrected chi connectivity index (χ4v) is 3.87. The van der Waals surface area contributed by atoms with Crippen LogP contribution in [0.3, 0.4) is 0 Å². The van der Waals surface area contributed by atoms with Gasteiger partial charge in [-0.2, -0.15) is 0 Å². The van der Waals surface area contributed by atoms with Gasteiger partial charge in [0.1, 0.15) is 0 Å². The number of aliphatic hydroxyl groups excluding tert-OH is 1. The number of hydrogen-bond donors (Lipinski definition) is 1. The number of rotatable bonds is 6. The van der Waals surface area contributed by atoms with Gasteiger partial charge in [-0.1, -0.05) is 54.6 Å². The monoisotopic (exact) mass is 367 g/mol. The minimum Gasteiger partial charge on any atom is -0.466 e. The zero-order valence-corrected chi connectivity index (χ0v) is 15.7. The van der Waals surface area contributed by atoms with Crippen LogP contribution in [0.25, 0.3) is 0 Å². The van der Waals surface area contributed by atoms with E-state index >= 15 is 0 Å². The van der Waals surface area contributed by atoms with Gasteiger partial charge in [-0.25, -0.2) is 0 Å². The third-order valence-corrected chi connectivity index (χ3v) is 5.22. The molecule has 5 nitrogen and oxygen atoms in total. The Kier molecular flexibility index (Phi) is 5.61. The Balaban J connectivity index is 2.03. The number of amides is 1. The van der Waals surface area contributed by atoms with Crippen molar-refractivity contribution in [2.24, 2.45) is 0 Å². The zero-order valence-electron chi connectivity index (χ0n) is 15.7. The van der Waals surface area contributed by atoms with Crippen LogP contribution >= 0.6 is 0 Å². The fraction of sp³-hybridized carbons (Fsp3) is 0.364. The Morgan fingerprint density at radius 2 is 1.85 bits per heavy atom. The van der Waals surface area contributed by atoms with Crippen LogP contribution in [0.1, 0.15) is 43.0 Å². The summed E-state index contributed by atoms with van der Waals surface area (Å²) in [5.74, 6) is -0.567. The van der Waals surface area contributed by atoms with Gasteiger partial charge in [-0.15, -0.1) is 0 Å². The zero-order chi connectivity index (χ0) is 19.4. The standard InChI is InChI=1S/C22H25NO4/c1-3-27-20(25)13-22(2)18-12-8-7-11-17(18)14-23(21(22)26)19(15-24)16-9-5-4-6-10-16/h4-12,19,24H,3,13-15H2,1-2H3/t19-,22+/m0/s1. The normalized spacial score (nSPS) is 20.1. The maximum atomic E-state index is 13.5. The second kappa shape index (κ2) is 7.92. The minimum atomic E-state index is -1.02. The van der Waals surface area contributed by atoms with Crippen molar-refractivity contribution in [1.82, 2.24) is 4.90 Å². The molecule has 1 aliphatic heterocycles. The van der Waals surface area contributed by atoms with Crippen molar-refractivity contribution in [2.45, 2.75) is 38.3 Å². The molecule has 2 aromatic rings. The number of ether oxygens (including phenoxy) is 1. The minimum absolute atomic E-state index is 0.0277. The van der Waals surface area contributed by atoms with E-state index in [1.807, 2.05) is 54.6 Å². The van der Waals surface area contributed by atoms with E-state index in [4.69, 9.17) is 4.74 Å². The van der Waals surface area contributed by atoms with Gasteiger partial charge in [0.15, 0.2) is 0 Å². The Bertz CT molecular complexity index is 820. The van der Waals surface area contributed by atoms with E-state index in [1.165, 1.54) is 0 Å². The quantitative estimate of drug-likeness (QED) is 0.797. The molecule has 0 fully saturated rings. The molecule has 142 valence electrons. The van der Waals surface area contributed by atoms with E-state index in [9.17, 15) is 14.7 Å². The van der Waals surface area contributed by atoms with Gasteiger partial charge in [0.05, 0.1) is 31.1 Å². The summed E-state index contributed by atoms with van der Waals surface area (Å²) < 4.78 is 5.12. The lowest BCUT2D eigenvalue weighted by atomic mass is 9.73. The Hall–Kier alpha value is -2.66. The lowest BCUT2D eigenvalue weighted by Crippen LogP contribution is -2.52. The number of fused-ring (bicyclic) bond motifs is 1. The van der Waals surface area contributed by atoms with Crippen LogP contribution in [0.5, 0.6) is 0 Å². The second-order valence-corrected chi connectivity index (χ2v) is 7.01. The molecule has 0 radical (unpaired) electrons. The molecule has 27 heavy (non-hydrogen) atoms. The van der Waals surface area contributed by atoms with Crippen molar-refractivity contribution in [3.05, 3.63) is 71.3 Å². The predicted molar refractivity (Wildman–Crippen MR) is 102 cm³/mol. The van der Waals surface area contributed by atoms with Crippen molar-refractivity contribution >= 4 is 11.9 Å². The average Bonchev–Trinajstić information content (AvgIpc) is 2.67. The first kappa shape index (κ1) is 19.1. The first-order valence-electron chi connectivity index (χ1n) is 9.22. The maximum absolute atomic E-state index is 13.5. The van der Waals surface area contributed by atoms with Crippen molar-refractivity contribution in [2.75, 3.05) is 13.2 Å². The molecule has 0 bridgehead atoms. The molecule has 1 N–H and O–H groups in total. The van der Waals surface area contributed by atoms with Gasteiger partial charge in [0, 0.05) is 6.54 Å². The molecule has 0 saturated heterocycles. The summed E-state index contributed by atoms with van der Waals surface area (Å²) in [4.78, 5) is 27.5. The van der Waals surface area contributed by atoms with Crippen LogP contribution < -0.4 is 0 Å². The Morgan fingerprint density at radius 1 is 1.19 bits per heavy atom. The van der Waals surface area contributed by atoms with E-state index in [1.54, 1.807) is 18.7 Å². The van der Waals surface area contributed by atoms with Gasteiger partial charge in [-0.3, -0.25) is 9.59 Å². The number of carbonyl (C=O) groups is 2. The van der Waals surface area contributed by atoms with Crippen molar-refractivity contribution in [3.8, 4) is 0 Å². The molecule has 0 unspecified atom stereocenters. The smallest absolute Gasteiger partial charge is 0.307 e. The van der Waals surface area contributed by atoms with Crippen LogP contribution in [0.2, 0.25) is 0 Å². The molecule has 2 aromatic carbocycles. The number of aliphatic hydroxyl groups is 1. The summed E-state index contributed by atoms with van der Waals surface area (Å²) in [5.41, 5.74) is 1.68. The number of carbonyl (C=O) groups excluding carboxylic acids is 2. The van der Waals surface area contributed by atoms with Crippen LogP contribution in [-0.4, -0.2) is 35.1 Å². The van der Waals surface area contributed by atoms with Crippen LogP contribution in [0, 0.1) is 0 Å². The van der Waals surface area contributed by atoms with Gasteiger partial charge in [-0.05, 0) is 30.5 Å². The topological polar surface area (TPSA) is 66.8 Å². The highest BCUT2D eigenvalue weighted by Gasteiger charge is 2.47. The van der Waals surface area contributed by atoms with Crippen molar-refractivity contribution in [1.29, 1.82) is 0 Å². The van der Waals surface area contributed by atoms with Gasteiger partial charge < -0.3 is 14.7 Å². The predicted octanol–water partition coefficient (Wildman–Crippen LogP) is 2.97. The highest BCUT2D eigenvalue weighted by molar-refractivity contribution is 5.94. The SMILES string of the molecule is CCOC(=O)C[C@@]1(C)C(=O)N([C@@H](CO)c2ccccc2)Cc2ccccc21. The Labute approximate surface area is 159 Å². The highest BCUT2D eigenvalue weighted by atomic mass is 16.5. The summed E-state index contributed by atoms with van der Waals surface area (Å²) in [6.45, 7) is 4.02. The van der Waals surface area contributed by atoms with Gasteiger partial charge in [0.25, 0.3) is 0 Å². The molecule has 1 amide bonds. The maximum Gasteiger partial charge on any atom is 0.307 e. The average molecular weight is 367 g/mol. The van der Waals surface area contributed by atoms with E-state index in [0.717, 1.165) is 16.7 Å². The third-order valence-electron chi connectivity index (χ3n) is 5.22. The molecule has 0 aliphatic carbocycles. The molecule has 5 heteroatoms. The Morgan fingerprint density at radius 3 is 2.52 bits per heavy atom. The van der Waals surface area contributed by atoms with E-state index in [-0.39, 0.29) is 25.5 Å². The summed E-state index contributed by atoms with van der Waals surface area (Å²) >= 11 is 0. The number of hydrogen-bond acceptors (Lipinski definition) is 4. The molecule has 2 atom stereocenters. The van der Waals surface area contributed by atoms with Crippen LogP contribution in [-0.2, 0) is 26.3 Å². The summed E-state index contributed by atoms with van der Waals surface area (Å²) in [6, 6.07) is 16.7. The number of benzene rings is 2. The molecule has 0 saturated carbocycles. The summed E-state index contributed by atoms with van der Waals surface area (Å²) in [6.07, 6.45) is -0.0277. The summed E-state index contributed by atoms with van der Waals surface area (Å²) in [7, 11) is 0. The first-order chi connectivity index (χ1) is 13.0. The van der Waals surface area contributed by atoms with Crippen LogP contribution in [0.4, 0.5) is 0 Å². The van der Waals surface area contributed by atoms with Crippen molar-refractivity contribution in [3.63, 3.8) is 0 Å². The van der Waals surface area contributed by atoms with Crippen LogP contribution in [0.15, 0.2) is 54.6 Å². The lowest BCUT2D eigenvalue weighted by molar-refractivity contribution is -0.152. The molecule has 0 aromatic heterocycles. The molecular formula is C22H25NO4. The fourth-order valence-electron chi connectivity index (χ4n) is 3.87. The van der Waals surface area contributed by atoms with E-state index in [0.29, 0.717) is 6.54 Å². The molecule has 0 spiro atoms. The molecule has 1 heterocycles. The largest absolute Gasteiger partial charge is 0.466 e. The second-order valence-electron chi connectivity index (χ2n) is 7.01. The highest BCUT2D eigenvalue weighted by Crippen LogP contribution is 2.40. The van der Waals surface area contributed by atoms with Crippen molar-refractivity contribution < 1.29 is 19.4 Å². The van der Waals surface area contributed by atoms with Gasteiger partial charge >= 0.3 is 5.97 Å². The number of nitrogens with zero attached hydrogens (tertiary/aromatic N) is 1. The molecular weight excluding hydrogens is 342 g/mol. The summed E-state index contributed by atoms with van der Waals surface area (Å²) in [5, 5.41) is 10.0. The van der Waals surface area contributed by atoms with E-state index in [2.05, 4.69) is 0 Å². The molecule has 1 aliphatic rings. The third kappa shape index (κ3) is 3.60. The van der Waals surface area contributed by atoms with E-state index < -0.39 is 17.4 Å². The molecule has 3 rings (SSSR count).